The number of amides is 2. The Morgan fingerprint density at radius 1 is 1.47 bits per heavy atom. The molecule has 0 aromatic carbocycles. The molecule has 9 heteroatoms. The van der Waals surface area contributed by atoms with Crippen LogP contribution in [-0.2, 0) is 4.79 Å². The van der Waals surface area contributed by atoms with E-state index in [4.69, 9.17) is 15.6 Å². The predicted octanol–water partition coefficient (Wildman–Crippen LogP) is -0.00790. The van der Waals surface area contributed by atoms with Crippen LogP contribution in [0.15, 0.2) is 0 Å². The highest BCUT2D eigenvalue weighted by Gasteiger charge is 2.38. The summed E-state index contributed by atoms with van der Waals surface area (Å²) in [5.41, 5.74) is 5.12. The van der Waals surface area contributed by atoms with Gasteiger partial charge in [0.15, 0.2) is 0 Å². The normalized spacial score (nSPS) is 20.2. The number of carbonyl (C=O) groups excluding carboxylic acids is 1. The lowest BCUT2D eigenvalue weighted by Crippen LogP contribution is -2.53. The smallest absolute Gasteiger partial charge is 0.475 e. The Bertz CT molecular complexity index is 283. The lowest BCUT2D eigenvalue weighted by Gasteiger charge is -2.32. The minimum absolute atomic E-state index is 0.242. The number of halogens is 3. The Balaban J connectivity index is 0.000000325. The second kappa shape index (κ2) is 6.28. The molecule has 0 aromatic heterocycles. The molecule has 1 rings (SSSR count). The van der Waals surface area contributed by atoms with Crippen molar-refractivity contribution in [3.05, 3.63) is 0 Å². The van der Waals surface area contributed by atoms with Gasteiger partial charge < -0.3 is 21.1 Å². The lowest BCUT2D eigenvalue weighted by molar-refractivity contribution is -0.192. The molecule has 1 atom stereocenters. The van der Waals surface area contributed by atoms with E-state index >= 15 is 0 Å². The number of nitrogens with one attached hydrogen (secondary N) is 1. The third-order valence-corrected chi connectivity index (χ3v) is 2.03. The number of hydrogen-bond donors (Lipinski definition) is 3. The number of nitrogens with zero attached hydrogens (tertiary/aromatic N) is 1. The first-order valence-electron chi connectivity index (χ1n) is 4.73. The number of aliphatic carboxylic acids is 1. The van der Waals surface area contributed by atoms with Crippen LogP contribution in [0, 0.1) is 0 Å². The molecule has 1 heterocycles. The highest BCUT2D eigenvalue weighted by atomic mass is 19.4. The minimum atomic E-state index is -5.08. The Hall–Kier alpha value is -1.51. The average Bonchev–Trinajstić information content (AvgIpc) is 2.17. The number of hydrogen-bond acceptors (Lipinski definition) is 3. The number of nitrogens with two attached hydrogens (primary N) is 1. The standard InChI is InChI=1S/C6H13N3O.C2HF3O2/c1-5-4-8-2-3-9(5)6(7)10;3-2(4,5)1(6)7/h5,8H,2-4H2,1H3,(H2,7,10);(H,6,7). The molecular formula is C8H14F3N3O3. The van der Waals surface area contributed by atoms with E-state index in [-0.39, 0.29) is 12.1 Å². The van der Waals surface area contributed by atoms with E-state index in [0.29, 0.717) is 0 Å². The van der Waals surface area contributed by atoms with E-state index in [2.05, 4.69) is 5.32 Å². The van der Waals surface area contributed by atoms with Crippen molar-refractivity contribution < 1.29 is 27.9 Å². The molecule has 1 aliphatic rings. The number of alkyl halides is 3. The van der Waals surface area contributed by atoms with Gasteiger partial charge in [0, 0.05) is 25.7 Å². The maximum atomic E-state index is 10.7. The molecule has 0 aliphatic carbocycles. The molecule has 100 valence electrons. The fourth-order valence-electron chi connectivity index (χ4n) is 1.17. The minimum Gasteiger partial charge on any atom is -0.475 e. The van der Waals surface area contributed by atoms with E-state index in [1.54, 1.807) is 4.90 Å². The van der Waals surface area contributed by atoms with Crippen molar-refractivity contribution in [1.82, 2.24) is 10.2 Å². The summed E-state index contributed by atoms with van der Waals surface area (Å²) >= 11 is 0. The Morgan fingerprint density at radius 2 is 1.94 bits per heavy atom. The molecular weight excluding hydrogens is 243 g/mol. The highest BCUT2D eigenvalue weighted by Crippen LogP contribution is 2.13. The van der Waals surface area contributed by atoms with Crippen LogP contribution < -0.4 is 11.1 Å². The molecule has 0 saturated carbocycles. The van der Waals surface area contributed by atoms with Gasteiger partial charge in [0.1, 0.15) is 0 Å². The topological polar surface area (TPSA) is 95.7 Å². The Labute approximate surface area is 95.6 Å². The summed E-state index contributed by atoms with van der Waals surface area (Å²) in [6.07, 6.45) is -5.08. The summed E-state index contributed by atoms with van der Waals surface area (Å²) < 4.78 is 31.7. The zero-order valence-corrected chi connectivity index (χ0v) is 9.12. The number of carbonyl (C=O) groups is 2. The number of rotatable bonds is 0. The van der Waals surface area contributed by atoms with Gasteiger partial charge in [-0.15, -0.1) is 0 Å². The predicted molar refractivity (Wildman–Crippen MR) is 52.3 cm³/mol. The van der Waals surface area contributed by atoms with Crippen molar-refractivity contribution in [3.8, 4) is 0 Å². The second-order valence-corrected chi connectivity index (χ2v) is 3.39. The summed E-state index contributed by atoms with van der Waals surface area (Å²) in [5, 5.41) is 10.3. The molecule has 0 bridgehead atoms. The first-order valence-corrected chi connectivity index (χ1v) is 4.73. The molecule has 0 aromatic rings. The summed E-state index contributed by atoms with van der Waals surface area (Å²) in [6.45, 7) is 4.42. The number of urea groups is 1. The molecule has 6 nitrogen and oxygen atoms in total. The van der Waals surface area contributed by atoms with E-state index in [0.717, 1.165) is 19.6 Å². The van der Waals surface area contributed by atoms with Crippen LogP contribution in [-0.4, -0.2) is 53.9 Å². The fourth-order valence-corrected chi connectivity index (χ4v) is 1.17. The molecule has 17 heavy (non-hydrogen) atoms. The summed E-state index contributed by atoms with van der Waals surface area (Å²) in [7, 11) is 0. The largest absolute Gasteiger partial charge is 0.490 e. The van der Waals surface area contributed by atoms with Gasteiger partial charge in [0.2, 0.25) is 0 Å². The van der Waals surface area contributed by atoms with Gasteiger partial charge in [0.25, 0.3) is 0 Å². The van der Waals surface area contributed by atoms with Crippen molar-refractivity contribution >= 4 is 12.0 Å². The van der Waals surface area contributed by atoms with Crippen molar-refractivity contribution in [1.29, 1.82) is 0 Å². The molecule has 1 fully saturated rings. The lowest BCUT2D eigenvalue weighted by atomic mass is 10.2. The summed E-state index contributed by atoms with van der Waals surface area (Å²) in [5.74, 6) is -2.76. The molecule has 1 aliphatic heterocycles. The van der Waals surface area contributed by atoms with Crippen molar-refractivity contribution in [2.75, 3.05) is 19.6 Å². The third-order valence-electron chi connectivity index (χ3n) is 2.03. The van der Waals surface area contributed by atoms with Crippen LogP contribution in [0.25, 0.3) is 0 Å². The van der Waals surface area contributed by atoms with E-state index in [9.17, 15) is 18.0 Å². The van der Waals surface area contributed by atoms with Crippen LogP contribution in [0.3, 0.4) is 0 Å². The second-order valence-electron chi connectivity index (χ2n) is 3.39. The number of carboxylic acid groups (broad SMARTS) is 1. The van der Waals surface area contributed by atoms with Gasteiger partial charge in [-0.25, -0.2) is 9.59 Å². The van der Waals surface area contributed by atoms with Gasteiger partial charge in [-0.1, -0.05) is 0 Å². The maximum Gasteiger partial charge on any atom is 0.490 e. The first kappa shape index (κ1) is 15.5. The maximum absolute atomic E-state index is 10.7. The highest BCUT2D eigenvalue weighted by molar-refractivity contribution is 5.73. The molecule has 1 saturated heterocycles. The average molecular weight is 257 g/mol. The molecule has 2 amide bonds. The van der Waals surface area contributed by atoms with Gasteiger partial charge >= 0.3 is 18.2 Å². The van der Waals surface area contributed by atoms with Crippen molar-refractivity contribution in [2.45, 2.75) is 19.1 Å². The monoisotopic (exact) mass is 257 g/mol. The quantitative estimate of drug-likeness (QED) is 0.568. The number of primary amides is 1. The zero-order valence-electron chi connectivity index (χ0n) is 9.12. The van der Waals surface area contributed by atoms with Gasteiger partial charge in [-0.2, -0.15) is 13.2 Å². The molecule has 0 spiro atoms. The van der Waals surface area contributed by atoms with Crippen LogP contribution in [0.4, 0.5) is 18.0 Å². The summed E-state index contributed by atoms with van der Waals surface area (Å²) in [4.78, 5) is 21.3. The van der Waals surface area contributed by atoms with Crippen LogP contribution in [0.1, 0.15) is 6.92 Å². The van der Waals surface area contributed by atoms with Gasteiger partial charge in [-0.3, -0.25) is 0 Å². The first-order chi connectivity index (χ1) is 7.66. The fraction of sp³-hybridized carbons (Fsp3) is 0.750. The van der Waals surface area contributed by atoms with Crippen LogP contribution in [0.5, 0.6) is 0 Å². The summed E-state index contributed by atoms with van der Waals surface area (Å²) in [6, 6.07) is -0.0692. The molecule has 0 radical (unpaired) electrons. The molecule has 1 unspecified atom stereocenters. The number of carboxylic acids is 1. The van der Waals surface area contributed by atoms with Crippen LogP contribution >= 0.6 is 0 Å². The van der Waals surface area contributed by atoms with E-state index < -0.39 is 12.1 Å². The number of piperazine rings is 1. The Kier molecular flexibility index (Phi) is 5.72. The van der Waals surface area contributed by atoms with E-state index in [1.165, 1.54) is 0 Å². The van der Waals surface area contributed by atoms with Crippen molar-refractivity contribution in [3.63, 3.8) is 0 Å². The Morgan fingerprint density at radius 3 is 2.18 bits per heavy atom. The zero-order chi connectivity index (χ0) is 13.6. The van der Waals surface area contributed by atoms with E-state index in [1.807, 2.05) is 6.92 Å². The third kappa shape index (κ3) is 5.95. The van der Waals surface area contributed by atoms with Crippen molar-refractivity contribution in [2.24, 2.45) is 5.73 Å². The van der Waals surface area contributed by atoms with Gasteiger partial charge in [-0.05, 0) is 6.92 Å². The molecule has 4 N–H and O–H groups in total. The SMILES string of the molecule is CC1CNCCN1C(N)=O.O=C(O)C(F)(F)F. The van der Waals surface area contributed by atoms with Crippen LogP contribution in [0.2, 0.25) is 0 Å². The van der Waals surface area contributed by atoms with Gasteiger partial charge in [0.05, 0.1) is 0 Å².